The number of esters is 3. The SMILES string of the molecule is CC\C=C/C=C\C=C/CCCCCCCCCC(=O)OCC(COC(=O)CCCCCCC\C=C/C=C\C=C/C=C\C=C/CCC)OC(=O)CCCCCCCCC\C=C/C=C\C=C/CC. The molecular weight excluding hydrogens is 817 g/mol. The second-order valence-corrected chi connectivity index (χ2v) is 16.9. The number of carbonyl (C=O) groups is 3. The number of carbonyl (C=O) groups excluding carboxylic acids is 3. The highest BCUT2D eigenvalue weighted by Crippen LogP contribution is 2.14. The molecule has 0 rings (SSSR count). The molecule has 0 saturated carbocycles. The van der Waals surface area contributed by atoms with Crippen molar-refractivity contribution in [3.05, 3.63) is 134 Å². The number of hydrogen-bond donors (Lipinski definition) is 0. The van der Waals surface area contributed by atoms with Gasteiger partial charge in [-0.3, -0.25) is 14.4 Å². The van der Waals surface area contributed by atoms with Crippen molar-refractivity contribution < 1.29 is 28.6 Å². The third kappa shape index (κ3) is 50.5. The summed E-state index contributed by atoms with van der Waals surface area (Å²) >= 11 is 0. The molecule has 1 atom stereocenters. The summed E-state index contributed by atoms with van der Waals surface area (Å²) in [6.45, 7) is 6.23. The third-order valence-electron chi connectivity index (χ3n) is 10.6. The van der Waals surface area contributed by atoms with Gasteiger partial charge in [-0.05, 0) is 77.0 Å². The number of ether oxygens (including phenoxy) is 3. The van der Waals surface area contributed by atoms with Crippen LogP contribution >= 0.6 is 0 Å². The zero-order valence-corrected chi connectivity index (χ0v) is 42.1. The van der Waals surface area contributed by atoms with Crippen molar-refractivity contribution in [1.82, 2.24) is 0 Å². The largest absolute Gasteiger partial charge is 0.462 e. The highest BCUT2D eigenvalue weighted by atomic mass is 16.6. The smallest absolute Gasteiger partial charge is 0.306 e. The fourth-order valence-electron chi connectivity index (χ4n) is 6.71. The number of hydrogen-bond acceptors (Lipinski definition) is 6. The van der Waals surface area contributed by atoms with Gasteiger partial charge >= 0.3 is 17.9 Å². The van der Waals surface area contributed by atoms with E-state index in [1.807, 2.05) is 30.4 Å². The zero-order chi connectivity index (χ0) is 47.9. The van der Waals surface area contributed by atoms with E-state index in [1.165, 1.54) is 51.4 Å². The van der Waals surface area contributed by atoms with Gasteiger partial charge in [-0.1, -0.05) is 244 Å². The van der Waals surface area contributed by atoms with E-state index in [-0.39, 0.29) is 31.1 Å². The standard InChI is InChI=1S/C60H94O6/c1-4-7-10-13-16-19-22-25-28-29-30-33-35-38-41-44-47-50-53-59(62)65-56-57(66-60(63)54-51-48-45-42-39-36-32-27-24-21-18-15-12-9-6-3)55-64-58(61)52-49-46-43-40-37-34-31-26-23-20-17-14-11-8-5-2/h8-25,28-30,33,57H,4-7,26-27,31-32,34-56H2,1-3H3/b11-8-,12-9-,13-10-,17-14-,18-15-,19-16-,23-20-,24-21-,25-22-,29-28-,33-30-. The minimum atomic E-state index is -0.806. The summed E-state index contributed by atoms with van der Waals surface area (Å²) in [5, 5.41) is 0. The second-order valence-electron chi connectivity index (χ2n) is 16.9. The van der Waals surface area contributed by atoms with E-state index in [0.717, 1.165) is 116 Å². The number of rotatable bonds is 45. The van der Waals surface area contributed by atoms with Crippen molar-refractivity contribution in [3.63, 3.8) is 0 Å². The molecule has 6 nitrogen and oxygen atoms in total. The van der Waals surface area contributed by atoms with Crippen LogP contribution in [0.5, 0.6) is 0 Å². The summed E-state index contributed by atoms with van der Waals surface area (Å²) in [4.78, 5) is 38.1. The molecule has 66 heavy (non-hydrogen) atoms. The van der Waals surface area contributed by atoms with Crippen LogP contribution in [-0.2, 0) is 28.6 Å². The first-order valence-electron chi connectivity index (χ1n) is 26.3. The van der Waals surface area contributed by atoms with Gasteiger partial charge in [0.05, 0.1) is 0 Å². The molecule has 0 bridgehead atoms. The van der Waals surface area contributed by atoms with E-state index in [9.17, 15) is 14.4 Å². The Balaban J connectivity index is 4.51. The maximum Gasteiger partial charge on any atom is 0.306 e. The highest BCUT2D eigenvalue weighted by Gasteiger charge is 2.19. The molecule has 0 heterocycles. The Kier molecular flexibility index (Phi) is 49.6. The maximum atomic E-state index is 12.8. The molecule has 0 spiro atoms. The maximum absolute atomic E-state index is 12.8. The molecule has 6 heteroatoms. The lowest BCUT2D eigenvalue weighted by Gasteiger charge is -2.18. The number of allylic oxidation sites excluding steroid dienone is 22. The topological polar surface area (TPSA) is 78.9 Å². The summed E-state index contributed by atoms with van der Waals surface area (Å²) in [5.41, 5.74) is 0. The fourth-order valence-corrected chi connectivity index (χ4v) is 6.71. The molecule has 0 N–H and O–H groups in total. The van der Waals surface area contributed by atoms with Gasteiger partial charge in [-0.15, -0.1) is 0 Å². The van der Waals surface area contributed by atoms with Crippen LogP contribution in [0.1, 0.15) is 207 Å². The molecule has 0 aromatic carbocycles. The van der Waals surface area contributed by atoms with E-state index in [2.05, 4.69) is 124 Å². The van der Waals surface area contributed by atoms with E-state index in [0.29, 0.717) is 19.3 Å². The Morgan fingerprint density at radius 1 is 0.318 bits per heavy atom. The van der Waals surface area contributed by atoms with Crippen molar-refractivity contribution in [2.75, 3.05) is 13.2 Å². The van der Waals surface area contributed by atoms with Crippen LogP contribution < -0.4 is 0 Å². The Morgan fingerprint density at radius 2 is 0.591 bits per heavy atom. The molecular formula is C60H94O6. The minimum Gasteiger partial charge on any atom is -0.462 e. The van der Waals surface area contributed by atoms with Gasteiger partial charge < -0.3 is 14.2 Å². The molecule has 0 aliphatic heterocycles. The summed E-state index contributed by atoms with van der Waals surface area (Å²) in [7, 11) is 0. The zero-order valence-electron chi connectivity index (χ0n) is 42.1. The normalized spacial score (nSPS) is 13.2. The summed E-state index contributed by atoms with van der Waals surface area (Å²) in [6.07, 6.45) is 74.2. The quantitative estimate of drug-likeness (QED) is 0.0262. The lowest BCUT2D eigenvalue weighted by Crippen LogP contribution is -2.30. The van der Waals surface area contributed by atoms with Crippen LogP contribution in [0, 0.1) is 0 Å². The predicted molar refractivity (Wildman–Crippen MR) is 283 cm³/mol. The summed E-state index contributed by atoms with van der Waals surface area (Å²) in [5.74, 6) is -0.960. The average Bonchev–Trinajstić information content (AvgIpc) is 3.31. The average molecular weight is 911 g/mol. The first kappa shape index (κ1) is 61.5. The van der Waals surface area contributed by atoms with Crippen LogP contribution in [0.4, 0.5) is 0 Å². The predicted octanol–water partition coefficient (Wildman–Crippen LogP) is 17.5. The fraction of sp³-hybridized carbons (Fsp3) is 0.583. The highest BCUT2D eigenvalue weighted by molar-refractivity contribution is 5.71. The first-order chi connectivity index (χ1) is 32.5. The summed E-state index contributed by atoms with van der Waals surface area (Å²) < 4.78 is 16.8. The molecule has 0 radical (unpaired) electrons. The molecule has 0 aliphatic carbocycles. The molecule has 0 saturated heterocycles. The van der Waals surface area contributed by atoms with Gasteiger partial charge in [0, 0.05) is 19.3 Å². The molecule has 0 aliphatic rings. The van der Waals surface area contributed by atoms with Crippen LogP contribution in [0.2, 0.25) is 0 Å². The third-order valence-corrected chi connectivity index (χ3v) is 10.6. The molecule has 370 valence electrons. The van der Waals surface area contributed by atoms with Crippen molar-refractivity contribution in [2.24, 2.45) is 0 Å². The molecule has 1 unspecified atom stereocenters. The van der Waals surface area contributed by atoms with Crippen molar-refractivity contribution in [3.8, 4) is 0 Å². The van der Waals surface area contributed by atoms with Gasteiger partial charge in [-0.2, -0.15) is 0 Å². The lowest BCUT2D eigenvalue weighted by atomic mass is 10.1. The van der Waals surface area contributed by atoms with Crippen LogP contribution in [0.3, 0.4) is 0 Å². The van der Waals surface area contributed by atoms with E-state index >= 15 is 0 Å². The van der Waals surface area contributed by atoms with Crippen LogP contribution in [0.25, 0.3) is 0 Å². The van der Waals surface area contributed by atoms with Gasteiger partial charge in [-0.25, -0.2) is 0 Å². The molecule has 0 aromatic heterocycles. The molecule has 0 aromatic rings. The Morgan fingerprint density at radius 3 is 0.924 bits per heavy atom. The van der Waals surface area contributed by atoms with Gasteiger partial charge in [0.15, 0.2) is 6.10 Å². The van der Waals surface area contributed by atoms with E-state index in [1.54, 1.807) is 0 Å². The van der Waals surface area contributed by atoms with Crippen LogP contribution in [0.15, 0.2) is 134 Å². The van der Waals surface area contributed by atoms with E-state index in [4.69, 9.17) is 14.2 Å². The van der Waals surface area contributed by atoms with Crippen LogP contribution in [-0.4, -0.2) is 37.2 Å². The second kappa shape index (κ2) is 53.2. The van der Waals surface area contributed by atoms with Gasteiger partial charge in [0.2, 0.25) is 0 Å². The Bertz CT molecular complexity index is 1460. The number of unbranched alkanes of at least 4 members (excludes halogenated alkanes) is 20. The van der Waals surface area contributed by atoms with Crippen molar-refractivity contribution in [2.45, 2.75) is 213 Å². The van der Waals surface area contributed by atoms with Crippen molar-refractivity contribution in [1.29, 1.82) is 0 Å². The van der Waals surface area contributed by atoms with E-state index < -0.39 is 6.10 Å². The lowest BCUT2D eigenvalue weighted by molar-refractivity contribution is -0.167. The summed E-state index contributed by atoms with van der Waals surface area (Å²) in [6, 6.07) is 0. The Hall–Kier alpha value is -4.45. The molecule has 0 fully saturated rings. The first-order valence-corrected chi connectivity index (χ1v) is 26.3. The molecule has 0 amide bonds. The van der Waals surface area contributed by atoms with Gasteiger partial charge in [0.1, 0.15) is 13.2 Å². The minimum absolute atomic E-state index is 0.103. The Labute approximate surface area is 405 Å². The van der Waals surface area contributed by atoms with Crippen molar-refractivity contribution >= 4 is 17.9 Å². The van der Waals surface area contributed by atoms with Gasteiger partial charge in [0.25, 0.3) is 0 Å². The monoisotopic (exact) mass is 911 g/mol.